The summed E-state index contributed by atoms with van der Waals surface area (Å²) < 4.78 is 5.32. The lowest BCUT2D eigenvalue weighted by atomic mass is 9.76. The Morgan fingerprint density at radius 1 is 1.28 bits per heavy atom. The molecule has 2 fully saturated rings. The van der Waals surface area contributed by atoms with Gasteiger partial charge in [-0.2, -0.15) is 0 Å². The summed E-state index contributed by atoms with van der Waals surface area (Å²) in [6.07, 6.45) is 2.41. The number of nitrogens with one attached hydrogen (secondary N) is 2. The van der Waals surface area contributed by atoms with Crippen LogP contribution in [0.1, 0.15) is 48.8 Å². The Kier molecular flexibility index (Phi) is 6.48. The Balaban J connectivity index is 1.58. The molecule has 170 valence electrons. The highest BCUT2D eigenvalue weighted by Gasteiger charge is 2.49. The van der Waals surface area contributed by atoms with Crippen LogP contribution < -0.4 is 15.4 Å². The van der Waals surface area contributed by atoms with E-state index in [0.717, 1.165) is 54.9 Å². The second kappa shape index (κ2) is 9.30. The molecular formula is C25H31N3O4. The summed E-state index contributed by atoms with van der Waals surface area (Å²) in [7, 11) is 1.60. The highest BCUT2D eigenvalue weighted by Crippen LogP contribution is 2.42. The van der Waals surface area contributed by atoms with Gasteiger partial charge >= 0.3 is 0 Å². The fraction of sp³-hybridized carbons (Fsp3) is 0.440. The third kappa shape index (κ3) is 4.64. The van der Waals surface area contributed by atoms with Gasteiger partial charge in [-0.3, -0.25) is 14.5 Å². The van der Waals surface area contributed by atoms with Crippen LogP contribution in [-0.2, 0) is 22.7 Å². The van der Waals surface area contributed by atoms with Crippen LogP contribution in [0.3, 0.4) is 0 Å². The predicted octanol–water partition coefficient (Wildman–Crippen LogP) is 2.78. The molecule has 2 atom stereocenters. The maximum Gasteiger partial charge on any atom is 0.221 e. The number of nitrogens with zero attached hydrogens (tertiary/aromatic N) is 1. The fourth-order valence-corrected chi connectivity index (χ4v) is 5.21. The van der Waals surface area contributed by atoms with E-state index >= 15 is 0 Å². The zero-order valence-corrected chi connectivity index (χ0v) is 18.7. The van der Waals surface area contributed by atoms with Crippen LogP contribution in [0.15, 0.2) is 42.5 Å². The summed E-state index contributed by atoms with van der Waals surface area (Å²) in [6.45, 7) is 3.75. The van der Waals surface area contributed by atoms with Crippen molar-refractivity contribution < 1.29 is 19.4 Å². The lowest BCUT2D eigenvalue weighted by Crippen LogP contribution is -2.56. The van der Waals surface area contributed by atoms with Gasteiger partial charge in [0, 0.05) is 50.1 Å². The van der Waals surface area contributed by atoms with E-state index in [9.17, 15) is 14.7 Å². The number of amides is 2. The van der Waals surface area contributed by atoms with Gasteiger partial charge < -0.3 is 20.5 Å². The highest BCUT2D eigenvalue weighted by molar-refractivity contribution is 5.88. The summed E-state index contributed by atoms with van der Waals surface area (Å²) in [5.74, 6) is 0.868. The molecule has 2 aliphatic heterocycles. The van der Waals surface area contributed by atoms with Crippen molar-refractivity contribution in [2.45, 2.75) is 50.8 Å². The van der Waals surface area contributed by atoms with E-state index in [1.54, 1.807) is 7.11 Å². The molecule has 0 unspecified atom stereocenters. The van der Waals surface area contributed by atoms with Crippen molar-refractivity contribution in [3.8, 4) is 5.75 Å². The first-order valence-corrected chi connectivity index (χ1v) is 11.1. The second-order valence-electron chi connectivity index (χ2n) is 8.89. The number of aliphatic hydroxyl groups is 1. The second-order valence-corrected chi connectivity index (χ2v) is 8.89. The average Bonchev–Trinajstić information content (AvgIpc) is 3.10. The third-order valence-electron chi connectivity index (χ3n) is 6.58. The monoisotopic (exact) mass is 437 g/mol. The van der Waals surface area contributed by atoms with Crippen LogP contribution in [-0.4, -0.2) is 47.6 Å². The Labute approximate surface area is 188 Å². The molecule has 1 spiro atoms. The van der Waals surface area contributed by atoms with E-state index < -0.39 is 0 Å². The third-order valence-corrected chi connectivity index (χ3v) is 6.58. The van der Waals surface area contributed by atoms with Gasteiger partial charge in [0.25, 0.3) is 0 Å². The molecule has 7 heteroatoms. The molecule has 32 heavy (non-hydrogen) atoms. The average molecular weight is 438 g/mol. The lowest BCUT2D eigenvalue weighted by molar-refractivity contribution is -0.125. The minimum atomic E-state index is -0.295. The molecule has 0 saturated carbocycles. The molecule has 2 aromatic carbocycles. The van der Waals surface area contributed by atoms with Gasteiger partial charge in [-0.15, -0.1) is 0 Å². The number of ether oxygens (including phenoxy) is 1. The number of aliphatic hydroxyl groups excluding tert-OH is 1. The molecule has 0 radical (unpaired) electrons. The number of hydrogen-bond acceptors (Lipinski definition) is 5. The number of likely N-dealkylation sites (tertiary alicyclic amines) is 1. The molecule has 4 rings (SSSR count). The van der Waals surface area contributed by atoms with Crippen LogP contribution in [0.5, 0.6) is 5.75 Å². The molecule has 0 bridgehead atoms. The van der Waals surface area contributed by atoms with Gasteiger partial charge in [0.1, 0.15) is 5.75 Å². The smallest absolute Gasteiger partial charge is 0.221 e. The topological polar surface area (TPSA) is 90.9 Å². The largest absolute Gasteiger partial charge is 0.496 e. The summed E-state index contributed by atoms with van der Waals surface area (Å²) in [5, 5.41) is 15.8. The van der Waals surface area contributed by atoms with Crippen LogP contribution in [0, 0.1) is 0 Å². The highest BCUT2D eigenvalue weighted by atomic mass is 16.5. The van der Waals surface area contributed by atoms with E-state index in [4.69, 9.17) is 4.74 Å². The van der Waals surface area contributed by atoms with E-state index in [1.807, 2.05) is 30.3 Å². The SMILES string of the molecule is COc1ccc(CN2C[C@@H](c3ccc(NC(C)=O)cc3)[C@@]3(CCCC(=O)N3)C2)cc1CO. The summed E-state index contributed by atoms with van der Waals surface area (Å²) in [6, 6.07) is 13.9. The van der Waals surface area contributed by atoms with Crippen molar-refractivity contribution in [1.82, 2.24) is 10.2 Å². The van der Waals surface area contributed by atoms with E-state index in [0.29, 0.717) is 12.2 Å². The predicted molar refractivity (Wildman–Crippen MR) is 122 cm³/mol. The van der Waals surface area contributed by atoms with Crippen molar-refractivity contribution in [3.63, 3.8) is 0 Å². The molecule has 2 aromatic rings. The Morgan fingerprint density at radius 2 is 2.06 bits per heavy atom. The normalized spacial score (nSPS) is 23.2. The first-order chi connectivity index (χ1) is 15.4. The Hall–Kier alpha value is -2.90. The van der Waals surface area contributed by atoms with E-state index in [2.05, 4.69) is 27.7 Å². The Morgan fingerprint density at radius 3 is 2.72 bits per heavy atom. The number of carbonyl (C=O) groups is 2. The van der Waals surface area contributed by atoms with Crippen molar-refractivity contribution in [2.24, 2.45) is 0 Å². The number of hydrogen-bond donors (Lipinski definition) is 3. The molecule has 2 amide bonds. The molecule has 2 saturated heterocycles. The first kappa shape index (κ1) is 22.3. The van der Waals surface area contributed by atoms with Gasteiger partial charge in [-0.25, -0.2) is 0 Å². The zero-order valence-electron chi connectivity index (χ0n) is 18.7. The number of piperidine rings is 1. The summed E-state index contributed by atoms with van der Waals surface area (Å²) in [5.41, 5.74) is 3.52. The quantitative estimate of drug-likeness (QED) is 0.647. The maximum absolute atomic E-state index is 12.4. The standard InChI is InChI=1S/C25H31N3O4/c1-17(30)26-21-8-6-19(7-9-21)22-14-28(16-25(22)11-3-4-24(31)27-25)13-18-5-10-23(32-2)20(12-18)15-29/h5-10,12,22,29H,3-4,11,13-16H2,1-2H3,(H,26,30)(H,27,31)/t22-,25+/m0/s1. The molecule has 2 aliphatic rings. The van der Waals surface area contributed by atoms with Crippen molar-refractivity contribution in [3.05, 3.63) is 59.2 Å². The maximum atomic E-state index is 12.4. The van der Waals surface area contributed by atoms with Gasteiger partial charge in [0.15, 0.2) is 0 Å². The first-order valence-electron chi connectivity index (χ1n) is 11.1. The minimum Gasteiger partial charge on any atom is -0.496 e. The number of benzene rings is 2. The van der Waals surface area contributed by atoms with Crippen LogP contribution >= 0.6 is 0 Å². The summed E-state index contributed by atoms with van der Waals surface area (Å²) >= 11 is 0. The van der Waals surface area contributed by atoms with Crippen molar-refractivity contribution in [2.75, 3.05) is 25.5 Å². The van der Waals surface area contributed by atoms with E-state index in [-0.39, 0.29) is 29.9 Å². The summed E-state index contributed by atoms with van der Waals surface area (Å²) in [4.78, 5) is 26.1. The fourth-order valence-electron chi connectivity index (χ4n) is 5.21. The number of carbonyl (C=O) groups excluding carboxylic acids is 2. The van der Waals surface area contributed by atoms with Gasteiger partial charge in [0.05, 0.1) is 19.3 Å². The number of rotatable bonds is 6. The molecule has 3 N–H and O–H groups in total. The molecule has 0 aromatic heterocycles. The zero-order chi connectivity index (χ0) is 22.7. The van der Waals surface area contributed by atoms with Crippen molar-refractivity contribution >= 4 is 17.5 Å². The molecule has 2 heterocycles. The Bertz CT molecular complexity index is 991. The van der Waals surface area contributed by atoms with Gasteiger partial charge in [-0.1, -0.05) is 18.2 Å². The van der Waals surface area contributed by atoms with Crippen LogP contribution in [0.25, 0.3) is 0 Å². The number of anilines is 1. The van der Waals surface area contributed by atoms with Crippen molar-refractivity contribution in [1.29, 1.82) is 0 Å². The van der Waals surface area contributed by atoms with Crippen LogP contribution in [0.2, 0.25) is 0 Å². The molecule has 7 nitrogen and oxygen atoms in total. The minimum absolute atomic E-state index is 0.0692. The van der Waals surface area contributed by atoms with Crippen LogP contribution in [0.4, 0.5) is 5.69 Å². The lowest BCUT2D eigenvalue weighted by Gasteiger charge is -2.39. The molecular weight excluding hydrogens is 406 g/mol. The van der Waals surface area contributed by atoms with E-state index in [1.165, 1.54) is 6.92 Å². The van der Waals surface area contributed by atoms with Gasteiger partial charge in [0.2, 0.25) is 11.8 Å². The van der Waals surface area contributed by atoms with Gasteiger partial charge in [-0.05, 0) is 48.2 Å². The number of methoxy groups -OCH3 is 1. The molecule has 0 aliphatic carbocycles.